The largest absolute Gasteiger partial charge is 0.330 e. The molecular formula is C10H17NOS. The monoisotopic (exact) mass is 199 g/mol. The fourth-order valence-electron chi connectivity index (χ4n) is 2.64. The van der Waals surface area contributed by atoms with E-state index in [4.69, 9.17) is 5.73 Å². The SMILES string of the molecule is NCC1(C2CCSCC2)CC(=O)C1. The topological polar surface area (TPSA) is 43.1 Å². The Balaban J connectivity index is 1.99. The third kappa shape index (κ3) is 1.64. The minimum absolute atomic E-state index is 0.220. The highest BCUT2D eigenvalue weighted by Crippen LogP contribution is 2.48. The molecule has 1 aliphatic heterocycles. The number of ketones is 1. The number of nitrogens with two attached hydrogens (primary N) is 1. The van der Waals surface area contributed by atoms with Crippen LogP contribution in [0.2, 0.25) is 0 Å². The molecule has 0 aromatic carbocycles. The maximum absolute atomic E-state index is 11.1. The Morgan fingerprint density at radius 3 is 2.46 bits per heavy atom. The lowest BCUT2D eigenvalue weighted by Crippen LogP contribution is -2.49. The van der Waals surface area contributed by atoms with E-state index in [-0.39, 0.29) is 5.41 Å². The molecule has 0 unspecified atom stereocenters. The van der Waals surface area contributed by atoms with Gasteiger partial charge >= 0.3 is 0 Å². The molecule has 0 bridgehead atoms. The van der Waals surface area contributed by atoms with E-state index in [1.54, 1.807) is 0 Å². The summed E-state index contributed by atoms with van der Waals surface area (Å²) in [5.41, 5.74) is 6.02. The molecular weight excluding hydrogens is 182 g/mol. The van der Waals surface area contributed by atoms with Gasteiger partial charge < -0.3 is 5.73 Å². The molecule has 2 fully saturated rings. The fourth-order valence-corrected chi connectivity index (χ4v) is 3.75. The molecule has 13 heavy (non-hydrogen) atoms. The van der Waals surface area contributed by atoms with Gasteiger partial charge in [-0.2, -0.15) is 11.8 Å². The molecule has 0 radical (unpaired) electrons. The predicted molar refractivity (Wildman–Crippen MR) is 55.8 cm³/mol. The van der Waals surface area contributed by atoms with Gasteiger partial charge in [-0.1, -0.05) is 0 Å². The van der Waals surface area contributed by atoms with Crippen LogP contribution in [0.25, 0.3) is 0 Å². The normalized spacial score (nSPS) is 28.5. The second-order valence-electron chi connectivity index (χ2n) is 4.35. The zero-order valence-corrected chi connectivity index (χ0v) is 8.74. The van der Waals surface area contributed by atoms with Crippen LogP contribution in [0.4, 0.5) is 0 Å². The molecule has 2 rings (SSSR count). The first-order valence-electron chi connectivity index (χ1n) is 5.06. The second kappa shape index (κ2) is 3.62. The van der Waals surface area contributed by atoms with Gasteiger partial charge in [-0.15, -0.1) is 0 Å². The van der Waals surface area contributed by atoms with Gasteiger partial charge in [0.05, 0.1) is 0 Å². The van der Waals surface area contributed by atoms with Crippen LogP contribution >= 0.6 is 11.8 Å². The van der Waals surface area contributed by atoms with Crippen molar-refractivity contribution in [3.63, 3.8) is 0 Å². The van der Waals surface area contributed by atoms with Crippen molar-refractivity contribution in [3.05, 3.63) is 0 Å². The molecule has 1 heterocycles. The molecule has 0 aromatic rings. The first-order valence-corrected chi connectivity index (χ1v) is 6.22. The van der Waals surface area contributed by atoms with Crippen LogP contribution in [0.5, 0.6) is 0 Å². The molecule has 1 saturated heterocycles. The van der Waals surface area contributed by atoms with Crippen molar-refractivity contribution >= 4 is 17.5 Å². The highest BCUT2D eigenvalue weighted by atomic mass is 32.2. The standard InChI is InChI=1S/C10H17NOS/c11-7-10(5-9(12)6-10)8-1-3-13-4-2-8/h8H,1-7,11H2. The molecule has 1 saturated carbocycles. The van der Waals surface area contributed by atoms with Crippen LogP contribution in [0.15, 0.2) is 0 Å². The molecule has 3 heteroatoms. The molecule has 0 amide bonds. The number of rotatable bonds is 2. The van der Waals surface area contributed by atoms with Crippen molar-refractivity contribution in [1.82, 2.24) is 0 Å². The third-order valence-corrected chi connectivity index (χ3v) is 4.64. The number of hydrogen-bond donors (Lipinski definition) is 1. The number of Topliss-reactive ketones (excluding diaryl/α,β-unsaturated/α-hetero) is 1. The summed E-state index contributed by atoms with van der Waals surface area (Å²) >= 11 is 2.03. The Morgan fingerprint density at radius 1 is 1.38 bits per heavy atom. The molecule has 2 aliphatic rings. The van der Waals surface area contributed by atoms with Crippen molar-refractivity contribution < 1.29 is 4.79 Å². The Morgan fingerprint density at radius 2 is 2.00 bits per heavy atom. The van der Waals surface area contributed by atoms with E-state index in [1.807, 2.05) is 11.8 Å². The third-order valence-electron chi connectivity index (χ3n) is 3.59. The summed E-state index contributed by atoms with van der Waals surface area (Å²) in [5, 5.41) is 0. The van der Waals surface area contributed by atoms with Crippen molar-refractivity contribution in [2.75, 3.05) is 18.1 Å². The van der Waals surface area contributed by atoms with Gasteiger partial charge in [-0.05, 0) is 42.2 Å². The van der Waals surface area contributed by atoms with Crippen LogP contribution in [0.1, 0.15) is 25.7 Å². The molecule has 0 spiro atoms. The summed E-state index contributed by atoms with van der Waals surface area (Å²) in [5.74, 6) is 3.68. The van der Waals surface area contributed by atoms with Gasteiger partial charge in [-0.3, -0.25) is 4.79 Å². The molecule has 74 valence electrons. The average Bonchev–Trinajstić information content (AvgIpc) is 2.14. The lowest BCUT2D eigenvalue weighted by atomic mass is 9.59. The maximum Gasteiger partial charge on any atom is 0.134 e. The van der Waals surface area contributed by atoms with Crippen LogP contribution in [-0.4, -0.2) is 23.8 Å². The fraction of sp³-hybridized carbons (Fsp3) is 0.900. The lowest BCUT2D eigenvalue weighted by molar-refractivity contribution is -0.135. The summed E-state index contributed by atoms with van der Waals surface area (Å²) in [7, 11) is 0. The number of carbonyl (C=O) groups excluding carboxylic acids is 1. The van der Waals surface area contributed by atoms with E-state index in [9.17, 15) is 4.79 Å². The minimum Gasteiger partial charge on any atom is -0.330 e. The van der Waals surface area contributed by atoms with E-state index in [1.165, 1.54) is 24.3 Å². The predicted octanol–water partition coefficient (Wildman–Crippen LogP) is 1.44. The molecule has 0 aromatic heterocycles. The van der Waals surface area contributed by atoms with Gasteiger partial charge in [0.25, 0.3) is 0 Å². The van der Waals surface area contributed by atoms with Crippen molar-refractivity contribution in [3.8, 4) is 0 Å². The Labute approximate surface area is 83.6 Å². The number of hydrogen-bond acceptors (Lipinski definition) is 3. The lowest BCUT2D eigenvalue weighted by Gasteiger charge is -2.47. The Kier molecular flexibility index (Phi) is 2.65. The number of thioether (sulfide) groups is 1. The molecule has 2 nitrogen and oxygen atoms in total. The Bertz CT molecular complexity index is 203. The highest BCUT2D eigenvalue weighted by molar-refractivity contribution is 7.99. The summed E-state index contributed by atoms with van der Waals surface area (Å²) in [6, 6.07) is 0. The van der Waals surface area contributed by atoms with E-state index in [2.05, 4.69) is 0 Å². The van der Waals surface area contributed by atoms with Gasteiger partial charge in [0.15, 0.2) is 0 Å². The maximum atomic E-state index is 11.1. The molecule has 2 N–H and O–H groups in total. The van der Waals surface area contributed by atoms with E-state index in [0.717, 1.165) is 18.8 Å². The first-order chi connectivity index (χ1) is 6.27. The number of carbonyl (C=O) groups is 1. The van der Waals surface area contributed by atoms with Crippen LogP contribution in [0, 0.1) is 11.3 Å². The van der Waals surface area contributed by atoms with E-state index in [0.29, 0.717) is 12.3 Å². The highest BCUT2D eigenvalue weighted by Gasteiger charge is 2.47. The first kappa shape index (κ1) is 9.53. The molecule has 1 aliphatic carbocycles. The van der Waals surface area contributed by atoms with Gasteiger partial charge in [0.2, 0.25) is 0 Å². The van der Waals surface area contributed by atoms with Gasteiger partial charge in [0.1, 0.15) is 5.78 Å². The Hall–Kier alpha value is -0.0200. The summed E-state index contributed by atoms with van der Waals surface area (Å²) in [6.07, 6.45) is 4.07. The van der Waals surface area contributed by atoms with Crippen LogP contribution in [-0.2, 0) is 4.79 Å². The van der Waals surface area contributed by atoms with Crippen molar-refractivity contribution in [2.45, 2.75) is 25.7 Å². The zero-order valence-electron chi connectivity index (χ0n) is 7.92. The summed E-state index contributed by atoms with van der Waals surface area (Å²) < 4.78 is 0. The average molecular weight is 199 g/mol. The van der Waals surface area contributed by atoms with Crippen LogP contribution in [0.3, 0.4) is 0 Å². The molecule has 0 atom stereocenters. The second-order valence-corrected chi connectivity index (χ2v) is 5.57. The smallest absolute Gasteiger partial charge is 0.134 e. The summed E-state index contributed by atoms with van der Waals surface area (Å²) in [6.45, 7) is 0.716. The van der Waals surface area contributed by atoms with E-state index >= 15 is 0 Å². The zero-order chi connectivity index (χ0) is 9.31. The minimum atomic E-state index is 0.220. The summed E-state index contributed by atoms with van der Waals surface area (Å²) in [4.78, 5) is 11.1. The van der Waals surface area contributed by atoms with Gasteiger partial charge in [0, 0.05) is 12.8 Å². The van der Waals surface area contributed by atoms with Gasteiger partial charge in [-0.25, -0.2) is 0 Å². The van der Waals surface area contributed by atoms with Crippen molar-refractivity contribution in [2.24, 2.45) is 17.1 Å². The quantitative estimate of drug-likeness (QED) is 0.731. The van der Waals surface area contributed by atoms with E-state index < -0.39 is 0 Å². The van der Waals surface area contributed by atoms with Crippen molar-refractivity contribution in [1.29, 1.82) is 0 Å². The van der Waals surface area contributed by atoms with Crippen LogP contribution < -0.4 is 5.73 Å².